The first-order valence-corrected chi connectivity index (χ1v) is 7.67. The predicted octanol–water partition coefficient (Wildman–Crippen LogP) is 3.66. The minimum absolute atomic E-state index is 0.249. The van der Waals surface area contributed by atoms with Crippen molar-refractivity contribution in [1.29, 1.82) is 0 Å². The molecule has 2 N–H and O–H groups in total. The van der Waals surface area contributed by atoms with E-state index < -0.39 is 0 Å². The van der Waals surface area contributed by atoms with Gasteiger partial charge in [-0.1, -0.05) is 22.9 Å². The van der Waals surface area contributed by atoms with Crippen LogP contribution in [-0.4, -0.2) is 24.4 Å². The first-order valence-electron chi connectivity index (χ1n) is 6.88. The maximum absolute atomic E-state index is 9.27. The molecule has 0 saturated heterocycles. The molecule has 0 spiro atoms. The fourth-order valence-corrected chi connectivity index (χ4v) is 2.18. The molecule has 1 aromatic rings. The van der Waals surface area contributed by atoms with Crippen LogP contribution in [0.1, 0.15) is 45.2 Å². The average molecular weight is 330 g/mol. The number of halogens is 1. The molecule has 0 aliphatic carbocycles. The van der Waals surface area contributed by atoms with Crippen LogP contribution in [0, 0.1) is 0 Å². The maximum Gasteiger partial charge on any atom is 0.124 e. The topological polar surface area (TPSA) is 41.5 Å². The summed E-state index contributed by atoms with van der Waals surface area (Å²) in [6.07, 6.45) is 1.43. The second-order valence-corrected chi connectivity index (χ2v) is 5.76. The van der Waals surface area contributed by atoms with Crippen molar-refractivity contribution < 1.29 is 9.84 Å². The molecular weight excluding hydrogens is 306 g/mol. The Morgan fingerprint density at radius 3 is 2.74 bits per heavy atom. The Balaban J connectivity index is 2.73. The van der Waals surface area contributed by atoms with E-state index >= 15 is 0 Å². The predicted molar refractivity (Wildman–Crippen MR) is 82.6 cm³/mol. The minimum atomic E-state index is -0.325. The standard InChI is InChI=1S/C15H24BrNO2/c1-4-8-17-12(3)14-10-13(16)5-6-15(14)19-9-7-11(2)18/h5-6,10-12,17-18H,4,7-9H2,1-3H3. The van der Waals surface area contributed by atoms with Crippen LogP contribution in [0.3, 0.4) is 0 Å². The lowest BCUT2D eigenvalue weighted by molar-refractivity contribution is 0.155. The van der Waals surface area contributed by atoms with Gasteiger partial charge >= 0.3 is 0 Å². The molecular formula is C15H24BrNO2. The third-order valence-corrected chi connectivity index (χ3v) is 3.43. The molecule has 108 valence electrons. The third-order valence-electron chi connectivity index (χ3n) is 2.93. The Morgan fingerprint density at radius 2 is 2.11 bits per heavy atom. The summed E-state index contributed by atoms with van der Waals surface area (Å²) in [6.45, 7) is 7.59. The van der Waals surface area contributed by atoms with E-state index in [1.165, 1.54) is 0 Å². The highest BCUT2D eigenvalue weighted by atomic mass is 79.9. The number of rotatable bonds is 8. The summed E-state index contributed by atoms with van der Waals surface area (Å²) in [5, 5.41) is 12.7. The van der Waals surface area contributed by atoms with Gasteiger partial charge in [-0.25, -0.2) is 0 Å². The third kappa shape index (κ3) is 5.93. The van der Waals surface area contributed by atoms with Gasteiger partial charge in [0.2, 0.25) is 0 Å². The molecule has 0 radical (unpaired) electrons. The van der Waals surface area contributed by atoms with Crippen molar-refractivity contribution in [3.63, 3.8) is 0 Å². The first-order chi connectivity index (χ1) is 9.04. The summed E-state index contributed by atoms with van der Waals surface area (Å²) in [4.78, 5) is 0. The van der Waals surface area contributed by atoms with Crippen molar-refractivity contribution in [1.82, 2.24) is 5.32 Å². The monoisotopic (exact) mass is 329 g/mol. The van der Waals surface area contributed by atoms with Gasteiger partial charge in [0.05, 0.1) is 12.7 Å². The van der Waals surface area contributed by atoms with Crippen LogP contribution in [0.4, 0.5) is 0 Å². The van der Waals surface area contributed by atoms with Crippen molar-refractivity contribution in [2.45, 2.75) is 45.8 Å². The van der Waals surface area contributed by atoms with Crippen molar-refractivity contribution in [2.75, 3.05) is 13.2 Å². The van der Waals surface area contributed by atoms with E-state index in [-0.39, 0.29) is 12.1 Å². The molecule has 0 bridgehead atoms. The number of benzene rings is 1. The van der Waals surface area contributed by atoms with Gasteiger partial charge < -0.3 is 15.2 Å². The Kier molecular flexibility index (Phi) is 7.42. The molecule has 4 heteroatoms. The highest BCUT2D eigenvalue weighted by Gasteiger charge is 2.12. The lowest BCUT2D eigenvalue weighted by atomic mass is 10.1. The average Bonchev–Trinajstić information content (AvgIpc) is 2.37. The van der Waals surface area contributed by atoms with Crippen molar-refractivity contribution in [3.05, 3.63) is 28.2 Å². The number of aliphatic hydroxyl groups excluding tert-OH is 1. The fraction of sp³-hybridized carbons (Fsp3) is 0.600. The molecule has 1 aromatic carbocycles. The van der Waals surface area contributed by atoms with Crippen LogP contribution in [0.2, 0.25) is 0 Å². The number of ether oxygens (including phenoxy) is 1. The Labute approximate surface area is 124 Å². The summed E-state index contributed by atoms with van der Waals surface area (Å²) in [6, 6.07) is 6.30. The normalized spacial score (nSPS) is 14.2. The van der Waals surface area contributed by atoms with Crippen LogP contribution < -0.4 is 10.1 Å². The van der Waals surface area contributed by atoms with E-state index in [9.17, 15) is 5.11 Å². The second-order valence-electron chi connectivity index (χ2n) is 4.84. The van der Waals surface area contributed by atoms with E-state index in [2.05, 4.69) is 41.2 Å². The zero-order valence-corrected chi connectivity index (χ0v) is 13.5. The molecule has 2 atom stereocenters. The lowest BCUT2D eigenvalue weighted by Crippen LogP contribution is -2.20. The molecule has 3 nitrogen and oxygen atoms in total. The van der Waals surface area contributed by atoms with Crippen LogP contribution in [0.15, 0.2) is 22.7 Å². The molecule has 0 saturated carbocycles. The van der Waals surface area contributed by atoms with Gasteiger partial charge in [-0.05, 0) is 45.0 Å². The van der Waals surface area contributed by atoms with Gasteiger partial charge in [0.15, 0.2) is 0 Å². The minimum Gasteiger partial charge on any atom is -0.493 e. The van der Waals surface area contributed by atoms with Gasteiger partial charge in [0.1, 0.15) is 5.75 Å². The molecule has 0 fully saturated rings. The van der Waals surface area contributed by atoms with Gasteiger partial charge in [-0.3, -0.25) is 0 Å². The van der Waals surface area contributed by atoms with E-state index in [1.807, 2.05) is 12.1 Å². The molecule has 1 rings (SSSR count). The number of hydrogen-bond acceptors (Lipinski definition) is 3. The van der Waals surface area contributed by atoms with E-state index in [0.717, 1.165) is 28.8 Å². The number of aliphatic hydroxyl groups is 1. The first kappa shape index (κ1) is 16.5. The quantitative estimate of drug-likeness (QED) is 0.764. The van der Waals surface area contributed by atoms with Gasteiger partial charge in [0, 0.05) is 22.5 Å². The van der Waals surface area contributed by atoms with Gasteiger partial charge in [0.25, 0.3) is 0 Å². The van der Waals surface area contributed by atoms with Crippen molar-refractivity contribution >= 4 is 15.9 Å². The van der Waals surface area contributed by atoms with Gasteiger partial charge in [-0.15, -0.1) is 0 Å². The Morgan fingerprint density at radius 1 is 1.37 bits per heavy atom. The van der Waals surface area contributed by atoms with Crippen LogP contribution in [-0.2, 0) is 0 Å². The molecule has 0 aromatic heterocycles. The largest absolute Gasteiger partial charge is 0.493 e. The smallest absolute Gasteiger partial charge is 0.124 e. The Bertz CT molecular complexity index is 382. The van der Waals surface area contributed by atoms with E-state index in [1.54, 1.807) is 6.92 Å². The number of hydrogen-bond donors (Lipinski definition) is 2. The maximum atomic E-state index is 9.27. The summed E-state index contributed by atoms with van der Waals surface area (Å²) >= 11 is 3.50. The van der Waals surface area contributed by atoms with Crippen LogP contribution in [0.5, 0.6) is 5.75 Å². The molecule has 0 heterocycles. The SMILES string of the molecule is CCCNC(C)c1cc(Br)ccc1OCCC(C)O. The highest BCUT2D eigenvalue weighted by Crippen LogP contribution is 2.28. The molecule has 0 aliphatic heterocycles. The molecule has 0 aliphatic rings. The summed E-state index contributed by atoms with van der Waals surface area (Å²) in [5.74, 6) is 0.889. The van der Waals surface area contributed by atoms with Crippen molar-refractivity contribution in [3.8, 4) is 5.75 Å². The molecule has 2 unspecified atom stereocenters. The second kappa shape index (κ2) is 8.56. The molecule has 19 heavy (non-hydrogen) atoms. The van der Waals surface area contributed by atoms with Crippen LogP contribution in [0.25, 0.3) is 0 Å². The summed E-state index contributed by atoms with van der Waals surface area (Å²) < 4.78 is 6.83. The summed E-state index contributed by atoms with van der Waals surface area (Å²) in [5.41, 5.74) is 1.15. The zero-order valence-electron chi connectivity index (χ0n) is 11.9. The highest BCUT2D eigenvalue weighted by molar-refractivity contribution is 9.10. The summed E-state index contributed by atoms with van der Waals surface area (Å²) in [7, 11) is 0. The van der Waals surface area contributed by atoms with Crippen LogP contribution >= 0.6 is 15.9 Å². The van der Waals surface area contributed by atoms with Gasteiger partial charge in [-0.2, -0.15) is 0 Å². The zero-order chi connectivity index (χ0) is 14.3. The Hall–Kier alpha value is -0.580. The molecule has 0 amide bonds. The fourth-order valence-electron chi connectivity index (χ4n) is 1.80. The lowest BCUT2D eigenvalue weighted by Gasteiger charge is -2.19. The van der Waals surface area contributed by atoms with E-state index in [4.69, 9.17) is 4.74 Å². The van der Waals surface area contributed by atoms with Crippen molar-refractivity contribution in [2.24, 2.45) is 0 Å². The van der Waals surface area contributed by atoms with E-state index in [0.29, 0.717) is 13.0 Å². The number of nitrogens with one attached hydrogen (secondary N) is 1.